The summed E-state index contributed by atoms with van der Waals surface area (Å²) in [6, 6.07) is 10.9. The summed E-state index contributed by atoms with van der Waals surface area (Å²) in [6.07, 6.45) is 0.707. The molecule has 2 aromatic rings. The molecule has 0 saturated carbocycles. The van der Waals surface area contributed by atoms with E-state index in [1.165, 1.54) is 11.3 Å². The van der Waals surface area contributed by atoms with E-state index in [0.717, 1.165) is 9.75 Å². The zero-order chi connectivity index (χ0) is 15.2. The zero-order valence-corrected chi connectivity index (χ0v) is 12.8. The molecule has 0 bridgehead atoms. The second-order valence-electron chi connectivity index (χ2n) is 4.53. The molecule has 0 aliphatic heterocycles. The van der Waals surface area contributed by atoms with E-state index >= 15 is 0 Å². The van der Waals surface area contributed by atoms with Gasteiger partial charge in [-0.2, -0.15) is 0 Å². The van der Waals surface area contributed by atoms with Gasteiger partial charge < -0.3 is 10.1 Å². The number of amides is 1. The maximum atomic E-state index is 12.1. The zero-order valence-electron chi connectivity index (χ0n) is 12.0. The van der Waals surface area contributed by atoms with Crippen molar-refractivity contribution in [2.45, 2.75) is 13.3 Å². The maximum absolute atomic E-state index is 12.1. The van der Waals surface area contributed by atoms with E-state index < -0.39 is 0 Å². The van der Waals surface area contributed by atoms with E-state index in [-0.39, 0.29) is 11.7 Å². The van der Waals surface area contributed by atoms with E-state index in [1.807, 2.05) is 18.2 Å². The second-order valence-corrected chi connectivity index (χ2v) is 5.70. The summed E-state index contributed by atoms with van der Waals surface area (Å²) in [6.45, 7) is 2.08. The van der Waals surface area contributed by atoms with Crippen LogP contribution in [0.2, 0.25) is 0 Å². The number of benzene rings is 1. The van der Waals surface area contributed by atoms with Crippen LogP contribution in [-0.4, -0.2) is 25.3 Å². The predicted molar refractivity (Wildman–Crippen MR) is 83.4 cm³/mol. The smallest absolute Gasteiger partial charge is 0.255 e. The summed E-state index contributed by atoms with van der Waals surface area (Å²) in [5, 5.41) is 2.86. The van der Waals surface area contributed by atoms with Gasteiger partial charge in [0.15, 0.2) is 5.78 Å². The van der Waals surface area contributed by atoms with Crippen LogP contribution in [-0.2, 0) is 6.42 Å². The lowest BCUT2D eigenvalue weighted by Crippen LogP contribution is -2.25. The average molecular weight is 303 g/mol. The Morgan fingerprint density at radius 3 is 2.62 bits per heavy atom. The molecule has 0 aliphatic rings. The van der Waals surface area contributed by atoms with Crippen LogP contribution < -0.4 is 10.1 Å². The quantitative estimate of drug-likeness (QED) is 0.835. The number of ether oxygens (including phenoxy) is 1. The molecule has 0 atom stereocenters. The summed E-state index contributed by atoms with van der Waals surface area (Å²) in [5.41, 5.74) is 0.524. The third-order valence-electron chi connectivity index (χ3n) is 3.02. The minimum atomic E-state index is -0.157. The number of hydrogen-bond donors (Lipinski definition) is 1. The lowest BCUT2D eigenvalue weighted by atomic mass is 10.2. The van der Waals surface area contributed by atoms with Crippen LogP contribution in [0.4, 0.5) is 0 Å². The fraction of sp³-hybridized carbons (Fsp3) is 0.250. The number of carbonyl (C=O) groups excluding carboxylic acids is 2. The molecular formula is C16H17NO3S. The first kappa shape index (κ1) is 15.3. The van der Waals surface area contributed by atoms with Crippen molar-refractivity contribution in [3.63, 3.8) is 0 Å². The van der Waals surface area contributed by atoms with E-state index in [0.29, 0.717) is 24.3 Å². The fourth-order valence-corrected chi connectivity index (χ4v) is 2.83. The van der Waals surface area contributed by atoms with Crippen LogP contribution >= 0.6 is 11.3 Å². The number of methoxy groups -OCH3 is 1. The molecule has 0 aliphatic carbocycles. The molecule has 1 aromatic carbocycles. The molecular weight excluding hydrogens is 286 g/mol. The molecule has 1 amide bonds. The number of carbonyl (C=O) groups is 2. The van der Waals surface area contributed by atoms with Crippen molar-refractivity contribution in [3.8, 4) is 5.75 Å². The van der Waals surface area contributed by atoms with Gasteiger partial charge in [0.1, 0.15) is 5.75 Å². The molecule has 1 aromatic heterocycles. The van der Waals surface area contributed by atoms with Gasteiger partial charge in [0, 0.05) is 11.4 Å². The van der Waals surface area contributed by atoms with Gasteiger partial charge in [-0.05, 0) is 37.6 Å². The van der Waals surface area contributed by atoms with Crippen molar-refractivity contribution >= 4 is 23.0 Å². The van der Waals surface area contributed by atoms with Crippen molar-refractivity contribution in [3.05, 3.63) is 51.7 Å². The highest BCUT2D eigenvalue weighted by molar-refractivity contribution is 7.14. The first-order valence-corrected chi connectivity index (χ1v) is 7.44. The number of nitrogens with one attached hydrogen (secondary N) is 1. The molecule has 1 heterocycles. The Kier molecular flexibility index (Phi) is 5.11. The second kappa shape index (κ2) is 7.04. The van der Waals surface area contributed by atoms with Crippen LogP contribution in [0.1, 0.15) is 31.8 Å². The minimum Gasteiger partial charge on any atom is -0.496 e. The van der Waals surface area contributed by atoms with Gasteiger partial charge in [0.25, 0.3) is 5.91 Å². The van der Waals surface area contributed by atoms with Crippen molar-refractivity contribution in [2.75, 3.05) is 13.7 Å². The Labute approximate surface area is 127 Å². The van der Waals surface area contributed by atoms with Gasteiger partial charge in [-0.15, -0.1) is 11.3 Å². The van der Waals surface area contributed by atoms with E-state index in [2.05, 4.69) is 5.32 Å². The Bertz CT molecular complexity index is 648. The van der Waals surface area contributed by atoms with Gasteiger partial charge in [-0.1, -0.05) is 12.1 Å². The molecule has 0 fully saturated rings. The SMILES string of the molecule is COc1ccccc1C(=O)NCCc1ccc(C(C)=O)s1. The topological polar surface area (TPSA) is 55.4 Å². The van der Waals surface area contributed by atoms with Crippen molar-refractivity contribution in [1.82, 2.24) is 5.32 Å². The van der Waals surface area contributed by atoms with Crippen LogP contribution in [0, 0.1) is 0 Å². The monoisotopic (exact) mass is 303 g/mol. The summed E-state index contributed by atoms with van der Waals surface area (Å²) in [7, 11) is 1.54. The number of thiophene rings is 1. The lowest BCUT2D eigenvalue weighted by Gasteiger charge is -2.08. The molecule has 4 nitrogen and oxygen atoms in total. The first-order valence-electron chi connectivity index (χ1n) is 6.62. The molecule has 21 heavy (non-hydrogen) atoms. The Morgan fingerprint density at radius 1 is 1.19 bits per heavy atom. The molecule has 0 saturated heterocycles. The van der Waals surface area contributed by atoms with E-state index in [9.17, 15) is 9.59 Å². The summed E-state index contributed by atoms with van der Waals surface area (Å²) < 4.78 is 5.16. The van der Waals surface area contributed by atoms with Gasteiger partial charge >= 0.3 is 0 Å². The maximum Gasteiger partial charge on any atom is 0.255 e. The lowest BCUT2D eigenvalue weighted by molar-refractivity contribution is 0.0950. The van der Waals surface area contributed by atoms with Crippen molar-refractivity contribution < 1.29 is 14.3 Å². The molecule has 0 spiro atoms. The third kappa shape index (κ3) is 3.92. The first-order chi connectivity index (χ1) is 10.1. The van der Waals surface area contributed by atoms with Crippen LogP contribution in [0.3, 0.4) is 0 Å². The third-order valence-corrected chi connectivity index (χ3v) is 4.26. The summed E-state index contributed by atoms with van der Waals surface area (Å²) in [4.78, 5) is 25.1. The van der Waals surface area contributed by atoms with E-state index in [4.69, 9.17) is 4.74 Å². The molecule has 2 rings (SSSR count). The highest BCUT2D eigenvalue weighted by Crippen LogP contribution is 2.18. The molecule has 0 radical (unpaired) electrons. The minimum absolute atomic E-state index is 0.0734. The van der Waals surface area contributed by atoms with Crippen molar-refractivity contribution in [1.29, 1.82) is 0 Å². The summed E-state index contributed by atoms with van der Waals surface area (Å²) >= 11 is 1.47. The number of rotatable bonds is 6. The van der Waals surface area contributed by atoms with Gasteiger partial charge in [-0.3, -0.25) is 9.59 Å². The largest absolute Gasteiger partial charge is 0.496 e. The van der Waals surface area contributed by atoms with E-state index in [1.54, 1.807) is 32.2 Å². The number of Topliss-reactive ketones (excluding diaryl/α,β-unsaturated/α-hetero) is 1. The number of hydrogen-bond acceptors (Lipinski definition) is 4. The van der Waals surface area contributed by atoms with Gasteiger partial charge in [0.2, 0.25) is 0 Å². The normalized spacial score (nSPS) is 10.2. The van der Waals surface area contributed by atoms with Crippen LogP contribution in [0.25, 0.3) is 0 Å². The van der Waals surface area contributed by atoms with Crippen LogP contribution in [0.5, 0.6) is 5.75 Å². The standard InChI is InChI=1S/C16H17NO3S/c1-11(18)15-8-7-12(21-15)9-10-17-16(19)13-5-3-4-6-14(13)20-2/h3-8H,9-10H2,1-2H3,(H,17,19). The number of ketones is 1. The van der Waals surface area contributed by atoms with Gasteiger partial charge in [-0.25, -0.2) is 0 Å². The molecule has 5 heteroatoms. The highest BCUT2D eigenvalue weighted by Gasteiger charge is 2.11. The molecule has 1 N–H and O–H groups in total. The number of para-hydroxylation sites is 1. The average Bonchev–Trinajstić information content (AvgIpc) is 2.96. The Morgan fingerprint density at radius 2 is 1.95 bits per heavy atom. The van der Waals surface area contributed by atoms with Crippen LogP contribution in [0.15, 0.2) is 36.4 Å². The fourth-order valence-electron chi connectivity index (χ4n) is 1.93. The Hall–Kier alpha value is -2.14. The molecule has 0 unspecified atom stereocenters. The highest BCUT2D eigenvalue weighted by atomic mass is 32.1. The Balaban J connectivity index is 1.90. The van der Waals surface area contributed by atoms with Crippen molar-refractivity contribution in [2.24, 2.45) is 0 Å². The predicted octanol–water partition coefficient (Wildman–Crippen LogP) is 2.93. The summed E-state index contributed by atoms with van der Waals surface area (Å²) in [5.74, 6) is 0.477. The van der Waals surface area contributed by atoms with Gasteiger partial charge in [0.05, 0.1) is 17.6 Å². The molecule has 110 valence electrons.